The van der Waals surface area contributed by atoms with Gasteiger partial charge in [0.1, 0.15) is 17.8 Å². The molecule has 0 radical (unpaired) electrons. The summed E-state index contributed by atoms with van der Waals surface area (Å²) >= 11 is 0. The Morgan fingerprint density at radius 2 is 1.19 bits per heavy atom. The minimum Gasteiger partial charge on any atom is -0.458 e. The van der Waals surface area contributed by atoms with Gasteiger partial charge in [-0.15, -0.1) is 0 Å². The van der Waals surface area contributed by atoms with Crippen LogP contribution in [-0.2, 0) is 0 Å². The number of para-hydroxylation sites is 2. The van der Waals surface area contributed by atoms with Gasteiger partial charge in [-0.2, -0.15) is 0 Å². The fraction of sp³-hybridized carbons (Fsp3) is 0. The van der Waals surface area contributed by atoms with E-state index in [1.54, 1.807) is 0 Å². The molecule has 0 atom stereocenters. The van der Waals surface area contributed by atoms with Gasteiger partial charge in [-0.1, -0.05) is 115 Å². The van der Waals surface area contributed by atoms with E-state index in [1.165, 1.54) is 54.9 Å². The number of benzene rings is 7. The molecule has 2 aliphatic rings. The topological polar surface area (TPSA) is 32.0 Å². The quantitative estimate of drug-likeness (QED) is 0.188. The zero-order valence-electron chi connectivity index (χ0n) is 25.8. The maximum Gasteiger partial charge on any atom is 0.256 e. The molecule has 0 N–H and O–H groups in total. The van der Waals surface area contributed by atoms with Crippen LogP contribution in [0, 0.1) is 0 Å². The van der Waals surface area contributed by atoms with Crippen molar-refractivity contribution >= 4 is 55.9 Å². The van der Waals surface area contributed by atoms with Crippen molar-refractivity contribution in [3.05, 3.63) is 158 Å². The Kier molecular flexibility index (Phi) is 5.16. The fourth-order valence-electron chi connectivity index (χ4n) is 8.15. The largest absolute Gasteiger partial charge is 0.458 e. The highest BCUT2D eigenvalue weighted by atomic mass is 16.5. The van der Waals surface area contributed by atoms with Crippen LogP contribution in [0.5, 0.6) is 11.5 Å². The van der Waals surface area contributed by atoms with Crippen LogP contribution in [0.15, 0.2) is 158 Å². The first-order chi connectivity index (χ1) is 23.8. The van der Waals surface area contributed by atoms with E-state index < -0.39 is 0 Å². The Balaban J connectivity index is 1.22. The Hall–Kier alpha value is -6.33. The number of fused-ring (bicyclic) bond motifs is 7. The van der Waals surface area contributed by atoms with E-state index in [0.717, 1.165) is 39.5 Å². The molecule has 11 rings (SSSR count). The summed E-state index contributed by atoms with van der Waals surface area (Å²) in [4.78, 5) is 5.01. The van der Waals surface area contributed by atoms with Crippen molar-refractivity contribution in [2.75, 3.05) is 0 Å². The van der Waals surface area contributed by atoms with Crippen LogP contribution in [0.3, 0.4) is 0 Å². The highest BCUT2D eigenvalue weighted by Gasteiger charge is 2.40. The smallest absolute Gasteiger partial charge is 0.256 e. The van der Waals surface area contributed by atoms with Crippen LogP contribution in [0.4, 0.5) is 0 Å². The number of hydrogen-bond acceptors (Lipinski definition) is 2. The maximum atomic E-state index is 7.00. The van der Waals surface area contributed by atoms with E-state index in [4.69, 9.17) is 9.72 Å². The van der Waals surface area contributed by atoms with Crippen LogP contribution >= 0.6 is 0 Å². The van der Waals surface area contributed by atoms with Crippen molar-refractivity contribution in [1.82, 2.24) is 14.1 Å². The van der Waals surface area contributed by atoms with E-state index in [1.807, 2.05) is 6.33 Å². The van der Waals surface area contributed by atoms with Crippen molar-refractivity contribution in [1.29, 1.82) is 0 Å². The lowest BCUT2D eigenvalue weighted by atomic mass is 9.34. The molecule has 0 amide bonds. The van der Waals surface area contributed by atoms with Crippen molar-refractivity contribution in [3.8, 4) is 45.1 Å². The summed E-state index contributed by atoms with van der Waals surface area (Å²) in [6, 6.07) is 54.4. The van der Waals surface area contributed by atoms with Gasteiger partial charge in [0, 0.05) is 22.5 Å². The predicted octanol–water partition coefficient (Wildman–Crippen LogP) is 8.39. The Bertz CT molecular complexity index is 2710. The Morgan fingerprint density at radius 3 is 1.92 bits per heavy atom. The molecular weight excluding hydrogens is 585 g/mol. The average molecular weight is 612 g/mol. The molecule has 0 unspecified atom stereocenters. The zero-order valence-corrected chi connectivity index (χ0v) is 25.8. The number of ether oxygens (including phenoxy) is 1. The third kappa shape index (κ3) is 3.53. The zero-order chi connectivity index (χ0) is 31.3. The third-order valence-corrected chi connectivity index (χ3v) is 10.2. The molecular formula is C43H26BN3O. The first kappa shape index (κ1) is 25.8. The summed E-state index contributed by atoms with van der Waals surface area (Å²) < 4.78 is 11.7. The SMILES string of the molecule is c1ccc(-c2ccc3c(c2)Oc2cc(-n4c5ccccc5c5ccccc54)cc4c2B3c2cc(-c3ccccc3)cc3ncn-4c23)cc1. The minimum absolute atomic E-state index is 0.00821. The number of rotatable bonds is 3. The van der Waals surface area contributed by atoms with Gasteiger partial charge in [-0.25, -0.2) is 4.98 Å². The molecule has 4 heterocycles. The molecule has 9 aromatic rings. The molecule has 48 heavy (non-hydrogen) atoms. The molecule has 222 valence electrons. The van der Waals surface area contributed by atoms with E-state index in [2.05, 4.69) is 161 Å². The first-order valence-electron chi connectivity index (χ1n) is 16.4. The molecule has 0 fully saturated rings. The van der Waals surface area contributed by atoms with Crippen LogP contribution < -0.4 is 21.1 Å². The van der Waals surface area contributed by atoms with Crippen molar-refractivity contribution in [2.24, 2.45) is 0 Å². The summed E-state index contributed by atoms with van der Waals surface area (Å²) in [7, 11) is 0. The van der Waals surface area contributed by atoms with E-state index in [-0.39, 0.29) is 6.71 Å². The molecule has 2 aliphatic heterocycles. The second-order valence-electron chi connectivity index (χ2n) is 12.8. The molecule has 0 saturated carbocycles. The molecule has 5 heteroatoms. The highest BCUT2D eigenvalue weighted by molar-refractivity contribution is 6.99. The van der Waals surface area contributed by atoms with E-state index >= 15 is 0 Å². The summed E-state index contributed by atoms with van der Waals surface area (Å²) in [6.07, 6.45) is 1.98. The molecule has 4 nitrogen and oxygen atoms in total. The summed E-state index contributed by atoms with van der Waals surface area (Å²) in [5.74, 6) is 1.77. The Labute approximate surface area is 277 Å². The van der Waals surface area contributed by atoms with Crippen LogP contribution in [0.1, 0.15) is 0 Å². The summed E-state index contributed by atoms with van der Waals surface area (Å²) in [5.41, 5.74) is 14.9. The number of hydrogen-bond donors (Lipinski definition) is 0. The van der Waals surface area contributed by atoms with Gasteiger partial charge in [0.05, 0.1) is 27.8 Å². The normalized spacial score (nSPS) is 12.7. The predicted molar refractivity (Wildman–Crippen MR) is 197 cm³/mol. The van der Waals surface area contributed by atoms with Crippen molar-refractivity contribution in [2.45, 2.75) is 0 Å². The van der Waals surface area contributed by atoms with Gasteiger partial charge >= 0.3 is 0 Å². The molecule has 2 aromatic heterocycles. The molecule has 7 aromatic carbocycles. The Morgan fingerprint density at radius 1 is 0.521 bits per heavy atom. The average Bonchev–Trinajstić information content (AvgIpc) is 3.73. The monoisotopic (exact) mass is 611 g/mol. The lowest BCUT2D eigenvalue weighted by molar-refractivity contribution is 0.487. The molecule has 0 spiro atoms. The van der Waals surface area contributed by atoms with Crippen LogP contribution in [0.2, 0.25) is 0 Å². The minimum atomic E-state index is -0.00821. The first-order valence-corrected chi connectivity index (χ1v) is 16.4. The number of imidazole rings is 1. The van der Waals surface area contributed by atoms with Gasteiger partial charge in [0.15, 0.2) is 0 Å². The third-order valence-electron chi connectivity index (χ3n) is 10.2. The second kappa shape index (κ2) is 9.60. The molecule has 0 bridgehead atoms. The lowest BCUT2D eigenvalue weighted by Gasteiger charge is -2.33. The highest BCUT2D eigenvalue weighted by Crippen LogP contribution is 2.39. The second-order valence-corrected chi connectivity index (χ2v) is 12.8. The molecule has 0 aliphatic carbocycles. The standard InChI is InChI=1S/C43H26BN3O/c1-3-11-27(12-4-1)29-19-20-34-40(23-29)48-41-25-31(47-37-17-9-7-15-32(37)33-16-8-10-18-38(33)47)24-39-42(41)44(34)35-21-30(28-13-5-2-6-14-28)22-36-43(35)46(39)26-45-36/h1-26H. The van der Waals surface area contributed by atoms with E-state index in [9.17, 15) is 0 Å². The maximum absolute atomic E-state index is 7.00. The van der Waals surface area contributed by atoms with Crippen molar-refractivity contribution in [3.63, 3.8) is 0 Å². The van der Waals surface area contributed by atoms with Crippen LogP contribution in [0.25, 0.3) is 66.5 Å². The van der Waals surface area contributed by atoms with Gasteiger partial charge in [-0.3, -0.25) is 4.57 Å². The number of aromatic nitrogens is 3. The summed E-state index contributed by atoms with van der Waals surface area (Å²) in [5, 5.41) is 2.47. The van der Waals surface area contributed by atoms with Gasteiger partial charge < -0.3 is 9.30 Å². The van der Waals surface area contributed by atoms with Gasteiger partial charge in [0.2, 0.25) is 0 Å². The summed E-state index contributed by atoms with van der Waals surface area (Å²) in [6.45, 7) is -0.00821. The lowest BCUT2D eigenvalue weighted by Crippen LogP contribution is -2.58. The molecule has 0 saturated heterocycles. The fourth-order valence-corrected chi connectivity index (χ4v) is 8.15. The van der Waals surface area contributed by atoms with Gasteiger partial charge in [-0.05, 0) is 69.0 Å². The van der Waals surface area contributed by atoms with Gasteiger partial charge in [0.25, 0.3) is 6.71 Å². The number of nitrogens with zero attached hydrogens (tertiary/aromatic N) is 3. The van der Waals surface area contributed by atoms with E-state index in [0.29, 0.717) is 0 Å². The van der Waals surface area contributed by atoms with Crippen LogP contribution in [-0.4, -0.2) is 20.8 Å². The van der Waals surface area contributed by atoms with Crippen molar-refractivity contribution < 1.29 is 4.74 Å².